The molecule has 2 fully saturated rings. The quantitative estimate of drug-likeness (QED) is 0.766. The van der Waals surface area contributed by atoms with Crippen molar-refractivity contribution in [2.75, 3.05) is 30.5 Å². The first-order chi connectivity index (χ1) is 12.1. The number of nitriles is 1. The van der Waals surface area contributed by atoms with Gasteiger partial charge >= 0.3 is 10.2 Å². The van der Waals surface area contributed by atoms with Gasteiger partial charge in [-0.15, -0.1) is 0 Å². The molecular formula is C16H17N5O3S. The minimum Gasteiger partial charge on any atom is -0.356 e. The van der Waals surface area contributed by atoms with Crippen molar-refractivity contribution in [3.8, 4) is 17.5 Å². The zero-order chi connectivity index (χ0) is 17.4. The van der Waals surface area contributed by atoms with Gasteiger partial charge in [0.05, 0.1) is 11.9 Å². The molecule has 1 atom stereocenters. The summed E-state index contributed by atoms with van der Waals surface area (Å²) in [6.45, 7) is 1.89. The lowest BCUT2D eigenvalue weighted by Crippen LogP contribution is -2.41. The number of hydrogen-bond acceptors (Lipinski definition) is 6. The van der Waals surface area contributed by atoms with Gasteiger partial charge in [-0.1, -0.05) is 17.3 Å². The summed E-state index contributed by atoms with van der Waals surface area (Å²) in [5, 5.41) is 12.7. The maximum absolute atomic E-state index is 13.0. The smallest absolute Gasteiger partial charge is 0.304 e. The molecular weight excluding hydrogens is 342 g/mol. The normalized spacial score (nSPS) is 23.1. The van der Waals surface area contributed by atoms with Crippen molar-refractivity contribution in [1.82, 2.24) is 14.4 Å². The monoisotopic (exact) mass is 359 g/mol. The van der Waals surface area contributed by atoms with Crippen LogP contribution in [0.4, 0.5) is 5.69 Å². The van der Waals surface area contributed by atoms with Gasteiger partial charge in [-0.25, -0.2) is 0 Å². The molecule has 4 rings (SSSR count). The third kappa shape index (κ3) is 2.73. The second-order valence-corrected chi connectivity index (χ2v) is 7.91. The van der Waals surface area contributed by atoms with E-state index < -0.39 is 10.2 Å². The van der Waals surface area contributed by atoms with Crippen molar-refractivity contribution in [3.05, 3.63) is 36.5 Å². The van der Waals surface area contributed by atoms with Crippen LogP contribution in [0.1, 0.15) is 6.42 Å². The van der Waals surface area contributed by atoms with Gasteiger partial charge in [0, 0.05) is 43.9 Å². The average Bonchev–Trinajstić information content (AvgIpc) is 3.34. The SMILES string of the molecule is N#CN1CCC(N2CCN(c3cccc(-c4ccno4)c3)S2(=O)=O)C1. The van der Waals surface area contributed by atoms with Gasteiger partial charge in [-0.3, -0.25) is 4.31 Å². The lowest BCUT2D eigenvalue weighted by atomic mass is 10.1. The maximum atomic E-state index is 13.0. The molecule has 0 N–H and O–H groups in total. The van der Waals surface area contributed by atoms with Crippen molar-refractivity contribution < 1.29 is 12.9 Å². The van der Waals surface area contributed by atoms with Crippen LogP contribution in [0.2, 0.25) is 0 Å². The molecule has 1 unspecified atom stereocenters. The number of benzene rings is 1. The van der Waals surface area contributed by atoms with E-state index in [2.05, 4.69) is 11.3 Å². The molecule has 0 saturated carbocycles. The summed E-state index contributed by atoms with van der Waals surface area (Å²) in [5.41, 5.74) is 1.38. The highest BCUT2D eigenvalue weighted by atomic mass is 32.2. The number of hydrogen-bond donors (Lipinski definition) is 0. The maximum Gasteiger partial charge on any atom is 0.304 e. The van der Waals surface area contributed by atoms with Crippen LogP contribution in [0, 0.1) is 11.5 Å². The zero-order valence-electron chi connectivity index (χ0n) is 13.4. The number of rotatable bonds is 3. The molecule has 0 aliphatic carbocycles. The first-order valence-electron chi connectivity index (χ1n) is 8.05. The first kappa shape index (κ1) is 15.9. The van der Waals surface area contributed by atoms with Crippen molar-refractivity contribution in [3.63, 3.8) is 0 Å². The second kappa shape index (κ2) is 6.06. The summed E-state index contributed by atoms with van der Waals surface area (Å²) in [6, 6.07) is 8.81. The molecule has 130 valence electrons. The van der Waals surface area contributed by atoms with Crippen molar-refractivity contribution in [1.29, 1.82) is 5.26 Å². The Labute approximate surface area is 146 Å². The van der Waals surface area contributed by atoms with E-state index in [-0.39, 0.29) is 6.04 Å². The van der Waals surface area contributed by atoms with Gasteiger partial charge < -0.3 is 9.42 Å². The van der Waals surface area contributed by atoms with Crippen LogP contribution >= 0.6 is 0 Å². The van der Waals surface area contributed by atoms with Gasteiger partial charge in [0.25, 0.3) is 0 Å². The largest absolute Gasteiger partial charge is 0.356 e. The lowest BCUT2D eigenvalue weighted by Gasteiger charge is -2.24. The second-order valence-electron chi connectivity index (χ2n) is 6.11. The fourth-order valence-electron chi connectivity index (χ4n) is 3.43. The zero-order valence-corrected chi connectivity index (χ0v) is 14.3. The van der Waals surface area contributed by atoms with Crippen LogP contribution in [-0.4, -0.2) is 55.0 Å². The molecule has 25 heavy (non-hydrogen) atoms. The molecule has 8 nitrogen and oxygen atoms in total. The molecule has 2 aliphatic rings. The summed E-state index contributed by atoms with van der Waals surface area (Å²) in [6.07, 6.45) is 4.32. The van der Waals surface area contributed by atoms with Crippen molar-refractivity contribution in [2.24, 2.45) is 0 Å². The minimum atomic E-state index is -3.60. The summed E-state index contributed by atoms with van der Waals surface area (Å²) < 4.78 is 34.1. The molecule has 0 bridgehead atoms. The van der Waals surface area contributed by atoms with Gasteiger partial charge in [0.2, 0.25) is 0 Å². The van der Waals surface area contributed by atoms with Crippen LogP contribution in [0.3, 0.4) is 0 Å². The van der Waals surface area contributed by atoms with Crippen LogP contribution in [-0.2, 0) is 10.2 Å². The standard InChI is InChI=1S/C16H17N5O3S/c17-12-19-7-5-15(11-19)21-9-8-20(25(21,22)23)14-3-1-2-13(10-14)16-4-6-18-24-16/h1-4,6,10,15H,5,7-9,11H2. The summed E-state index contributed by atoms with van der Waals surface area (Å²) >= 11 is 0. The van der Waals surface area contributed by atoms with E-state index in [1.807, 2.05) is 6.07 Å². The van der Waals surface area contributed by atoms with E-state index >= 15 is 0 Å². The van der Waals surface area contributed by atoms with Crippen LogP contribution in [0.15, 0.2) is 41.1 Å². The Kier molecular flexibility index (Phi) is 3.86. The highest BCUT2D eigenvalue weighted by molar-refractivity contribution is 7.90. The average molecular weight is 359 g/mol. The molecule has 0 amide bonds. The Morgan fingerprint density at radius 3 is 2.84 bits per heavy atom. The van der Waals surface area contributed by atoms with Gasteiger partial charge in [0.15, 0.2) is 12.0 Å². The van der Waals surface area contributed by atoms with Gasteiger partial charge in [-0.05, 0) is 18.6 Å². The molecule has 3 heterocycles. The highest BCUT2D eigenvalue weighted by Crippen LogP contribution is 2.31. The minimum absolute atomic E-state index is 0.146. The summed E-state index contributed by atoms with van der Waals surface area (Å²) in [4.78, 5) is 1.60. The lowest BCUT2D eigenvalue weighted by molar-refractivity contribution is 0.345. The predicted octanol–water partition coefficient (Wildman–Crippen LogP) is 1.26. The summed E-state index contributed by atoms with van der Waals surface area (Å²) in [5.74, 6) is 0.593. The molecule has 2 saturated heterocycles. The van der Waals surface area contributed by atoms with Gasteiger partial charge in [-0.2, -0.15) is 18.0 Å². The third-order valence-corrected chi connectivity index (χ3v) is 6.69. The Hall–Kier alpha value is -2.57. The molecule has 1 aromatic heterocycles. The van der Waals surface area contributed by atoms with Crippen LogP contribution in [0.5, 0.6) is 0 Å². The fourth-order valence-corrected chi connectivity index (χ4v) is 5.23. The van der Waals surface area contributed by atoms with Gasteiger partial charge in [0.1, 0.15) is 0 Å². The van der Waals surface area contributed by atoms with Crippen molar-refractivity contribution in [2.45, 2.75) is 12.5 Å². The van der Waals surface area contributed by atoms with E-state index in [9.17, 15) is 8.42 Å². The predicted molar refractivity (Wildman–Crippen MR) is 90.5 cm³/mol. The van der Waals surface area contributed by atoms with E-state index in [0.29, 0.717) is 44.0 Å². The molecule has 9 heteroatoms. The Morgan fingerprint density at radius 2 is 2.12 bits per heavy atom. The number of likely N-dealkylation sites (tertiary alicyclic amines) is 1. The van der Waals surface area contributed by atoms with Crippen molar-refractivity contribution >= 4 is 15.9 Å². The molecule has 2 aliphatic heterocycles. The number of aromatic nitrogens is 1. The molecule has 2 aromatic rings. The fraction of sp³-hybridized carbons (Fsp3) is 0.375. The van der Waals surface area contributed by atoms with E-state index in [1.54, 1.807) is 35.4 Å². The van der Waals surface area contributed by atoms with E-state index in [0.717, 1.165) is 5.56 Å². The first-order valence-corrected chi connectivity index (χ1v) is 9.44. The van der Waals surface area contributed by atoms with E-state index in [1.165, 1.54) is 8.61 Å². The summed E-state index contributed by atoms with van der Waals surface area (Å²) in [7, 11) is -3.60. The Bertz CT molecular complexity index is 906. The number of anilines is 1. The Morgan fingerprint density at radius 1 is 1.24 bits per heavy atom. The number of nitrogens with zero attached hydrogens (tertiary/aromatic N) is 5. The molecule has 0 spiro atoms. The Balaban J connectivity index is 1.60. The molecule has 0 radical (unpaired) electrons. The highest BCUT2D eigenvalue weighted by Gasteiger charge is 2.43. The van der Waals surface area contributed by atoms with E-state index in [4.69, 9.17) is 9.78 Å². The molecule has 1 aromatic carbocycles. The third-order valence-electron chi connectivity index (χ3n) is 4.67. The van der Waals surface area contributed by atoms with Crippen LogP contribution < -0.4 is 4.31 Å². The topological polar surface area (TPSA) is 93.7 Å². The van der Waals surface area contributed by atoms with Crippen LogP contribution in [0.25, 0.3) is 11.3 Å².